The van der Waals surface area contributed by atoms with E-state index in [1.165, 1.54) is 25.7 Å². The number of hydrogen-bond donors (Lipinski definition) is 0. The third kappa shape index (κ3) is 5.51. The molecule has 0 aliphatic carbocycles. The summed E-state index contributed by atoms with van der Waals surface area (Å²) in [6, 6.07) is 0. The van der Waals surface area contributed by atoms with Crippen LogP contribution in [0.5, 0.6) is 0 Å². The van der Waals surface area contributed by atoms with Crippen molar-refractivity contribution in [3.8, 4) is 0 Å². The van der Waals surface area contributed by atoms with Gasteiger partial charge >= 0.3 is 0 Å². The van der Waals surface area contributed by atoms with Crippen molar-refractivity contribution in [2.24, 2.45) is 5.92 Å². The first-order valence-electron chi connectivity index (χ1n) is 4.19. The van der Waals surface area contributed by atoms with Crippen LogP contribution in [0.4, 0.5) is 0 Å². The molecule has 0 aromatic carbocycles. The molecule has 0 nitrogen and oxygen atoms in total. The lowest BCUT2D eigenvalue weighted by Gasteiger charge is -2.11. The van der Waals surface area contributed by atoms with Gasteiger partial charge < -0.3 is 0 Å². The fraction of sp³-hybridized carbons (Fsp3) is 0.889. The smallest absolute Gasteiger partial charge is 0.0393 e. The van der Waals surface area contributed by atoms with Gasteiger partial charge in [-0.2, -0.15) is 0 Å². The van der Waals surface area contributed by atoms with Crippen LogP contribution in [-0.2, 0) is 0 Å². The zero-order valence-corrected chi connectivity index (χ0v) is 9.44. The molecule has 0 unspecified atom stereocenters. The molecule has 61 valence electrons. The van der Waals surface area contributed by atoms with Gasteiger partial charge in [0, 0.05) is 3.92 Å². The maximum Gasteiger partial charge on any atom is 0.0393 e. The standard InChI is InChI=1S/C9H18I/c1-4-5-6-7-9(10)8(2)3/h8H,4-7H2,1-3H3. The molecule has 0 saturated carbocycles. The largest absolute Gasteiger partial charge is 0.0771 e. The fourth-order valence-corrected chi connectivity index (χ4v) is 1.21. The van der Waals surface area contributed by atoms with Gasteiger partial charge in [0.05, 0.1) is 0 Å². The first-order chi connectivity index (χ1) is 4.68. The van der Waals surface area contributed by atoms with Crippen LogP contribution in [0.25, 0.3) is 0 Å². The molecule has 0 aliphatic heterocycles. The van der Waals surface area contributed by atoms with Crippen molar-refractivity contribution < 1.29 is 0 Å². The second-order valence-electron chi connectivity index (χ2n) is 3.06. The van der Waals surface area contributed by atoms with E-state index in [0.717, 1.165) is 5.92 Å². The Morgan fingerprint density at radius 1 is 1.30 bits per heavy atom. The molecule has 0 spiro atoms. The van der Waals surface area contributed by atoms with Crippen molar-refractivity contribution in [1.82, 2.24) is 0 Å². The Hall–Kier alpha value is 0.730. The van der Waals surface area contributed by atoms with E-state index in [0.29, 0.717) is 0 Å². The molecule has 0 rings (SSSR count). The van der Waals surface area contributed by atoms with Crippen LogP contribution >= 0.6 is 22.6 Å². The Balaban J connectivity index is 3.13. The van der Waals surface area contributed by atoms with E-state index in [9.17, 15) is 0 Å². The van der Waals surface area contributed by atoms with Gasteiger partial charge in [-0.1, -0.05) is 62.6 Å². The second-order valence-corrected chi connectivity index (χ2v) is 4.44. The molecule has 0 fully saturated rings. The average Bonchev–Trinajstić information content (AvgIpc) is 1.88. The van der Waals surface area contributed by atoms with E-state index in [1.807, 2.05) is 0 Å². The first kappa shape index (κ1) is 10.7. The van der Waals surface area contributed by atoms with Gasteiger partial charge in [-0.3, -0.25) is 0 Å². The zero-order chi connectivity index (χ0) is 7.98. The second kappa shape index (κ2) is 6.44. The van der Waals surface area contributed by atoms with Crippen molar-refractivity contribution in [2.75, 3.05) is 0 Å². The highest BCUT2D eigenvalue weighted by atomic mass is 127. The number of rotatable bonds is 5. The highest BCUT2D eigenvalue weighted by molar-refractivity contribution is 14.1. The van der Waals surface area contributed by atoms with Crippen LogP contribution < -0.4 is 0 Å². The summed E-state index contributed by atoms with van der Waals surface area (Å²) in [6.45, 7) is 6.80. The minimum atomic E-state index is 0.775. The number of hydrogen-bond acceptors (Lipinski definition) is 0. The molecular weight excluding hydrogens is 235 g/mol. The minimum absolute atomic E-state index is 0.775. The normalized spacial score (nSPS) is 11.4. The van der Waals surface area contributed by atoms with Gasteiger partial charge in [0.15, 0.2) is 0 Å². The summed E-state index contributed by atoms with van der Waals surface area (Å²) in [5.74, 6) is 0.775. The van der Waals surface area contributed by atoms with Crippen molar-refractivity contribution in [2.45, 2.75) is 46.5 Å². The lowest BCUT2D eigenvalue weighted by molar-refractivity contribution is 0.632. The maximum absolute atomic E-state index is 2.49. The predicted molar refractivity (Wildman–Crippen MR) is 56.2 cm³/mol. The van der Waals surface area contributed by atoms with E-state index < -0.39 is 0 Å². The first-order valence-corrected chi connectivity index (χ1v) is 5.27. The molecule has 0 saturated heterocycles. The molecule has 0 aromatic heterocycles. The van der Waals surface area contributed by atoms with Crippen molar-refractivity contribution in [3.05, 3.63) is 3.92 Å². The highest BCUT2D eigenvalue weighted by Crippen LogP contribution is 2.27. The van der Waals surface area contributed by atoms with E-state index in [4.69, 9.17) is 0 Å². The van der Waals surface area contributed by atoms with Crippen molar-refractivity contribution in [3.63, 3.8) is 0 Å². The van der Waals surface area contributed by atoms with Gasteiger partial charge in [0.1, 0.15) is 0 Å². The van der Waals surface area contributed by atoms with E-state index in [1.54, 1.807) is 3.92 Å². The Morgan fingerprint density at radius 3 is 2.30 bits per heavy atom. The average molecular weight is 253 g/mol. The molecule has 0 amide bonds. The van der Waals surface area contributed by atoms with Gasteiger partial charge in [-0.25, -0.2) is 0 Å². The molecule has 1 heteroatoms. The van der Waals surface area contributed by atoms with Crippen LogP contribution in [0, 0.1) is 9.84 Å². The molecule has 1 radical (unpaired) electrons. The zero-order valence-electron chi connectivity index (χ0n) is 7.28. The predicted octanol–water partition coefficient (Wildman–Crippen LogP) is 4.19. The minimum Gasteiger partial charge on any atom is -0.0771 e. The summed E-state index contributed by atoms with van der Waals surface area (Å²) >= 11 is 2.49. The SMILES string of the molecule is CCCCC[C](I)C(C)C. The molecule has 0 N–H and O–H groups in total. The topological polar surface area (TPSA) is 0 Å². The van der Waals surface area contributed by atoms with Gasteiger partial charge in [-0.05, 0) is 12.3 Å². The Kier molecular flexibility index (Phi) is 6.91. The molecular formula is C9H18I. The van der Waals surface area contributed by atoms with E-state index in [2.05, 4.69) is 43.4 Å². The lowest BCUT2D eigenvalue weighted by Crippen LogP contribution is -1.96. The summed E-state index contributed by atoms with van der Waals surface area (Å²) < 4.78 is 1.63. The number of unbranched alkanes of at least 4 members (excludes halogenated alkanes) is 2. The van der Waals surface area contributed by atoms with Crippen LogP contribution in [-0.4, -0.2) is 0 Å². The molecule has 0 aliphatic rings. The molecule has 0 heterocycles. The molecule has 0 bridgehead atoms. The quantitative estimate of drug-likeness (QED) is 0.509. The van der Waals surface area contributed by atoms with Crippen LogP contribution in [0.2, 0.25) is 0 Å². The molecule has 0 aromatic rings. The maximum atomic E-state index is 2.49. The fourth-order valence-electron chi connectivity index (χ4n) is 0.833. The van der Waals surface area contributed by atoms with Crippen LogP contribution in [0.1, 0.15) is 46.5 Å². The summed E-state index contributed by atoms with van der Waals surface area (Å²) in [5, 5.41) is 0. The Morgan fingerprint density at radius 2 is 1.90 bits per heavy atom. The lowest BCUT2D eigenvalue weighted by atomic mass is 10.0. The van der Waals surface area contributed by atoms with E-state index >= 15 is 0 Å². The summed E-state index contributed by atoms with van der Waals surface area (Å²) in [4.78, 5) is 0. The van der Waals surface area contributed by atoms with Crippen LogP contribution in [0.15, 0.2) is 0 Å². The highest BCUT2D eigenvalue weighted by Gasteiger charge is 2.07. The molecule has 10 heavy (non-hydrogen) atoms. The van der Waals surface area contributed by atoms with Crippen molar-refractivity contribution >= 4 is 22.6 Å². The monoisotopic (exact) mass is 253 g/mol. The third-order valence-electron chi connectivity index (χ3n) is 1.65. The van der Waals surface area contributed by atoms with E-state index in [-0.39, 0.29) is 0 Å². The Labute approximate surface area is 78.9 Å². The third-order valence-corrected chi connectivity index (χ3v) is 3.43. The van der Waals surface area contributed by atoms with Gasteiger partial charge in [-0.15, -0.1) is 0 Å². The summed E-state index contributed by atoms with van der Waals surface area (Å²) in [6.07, 6.45) is 5.43. The van der Waals surface area contributed by atoms with Crippen LogP contribution in [0.3, 0.4) is 0 Å². The number of halogens is 1. The Bertz CT molecular complexity index is 69.1. The van der Waals surface area contributed by atoms with Gasteiger partial charge in [0.2, 0.25) is 0 Å². The van der Waals surface area contributed by atoms with Crippen molar-refractivity contribution in [1.29, 1.82) is 0 Å². The summed E-state index contributed by atoms with van der Waals surface area (Å²) in [5.41, 5.74) is 0. The van der Waals surface area contributed by atoms with Gasteiger partial charge in [0.25, 0.3) is 0 Å². The molecule has 0 atom stereocenters. The summed E-state index contributed by atoms with van der Waals surface area (Å²) in [7, 11) is 0.